The van der Waals surface area contributed by atoms with Gasteiger partial charge in [0.25, 0.3) is 5.56 Å². The first-order chi connectivity index (χ1) is 11.0. The van der Waals surface area contributed by atoms with Crippen LogP contribution in [0.1, 0.15) is 6.23 Å². The summed E-state index contributed by atoms with van der Waals surface area (Å²) in [5.74, 6) is 1.37. The van der Waals surface area contributed by atoms with Gasteiger partial charge in [0.15, 0.2) is 6.23 Å². The standard InChI is InChI=1S/C13H19N3O5S2/c1-15-5-22-12(23-6-15)9-7(4-17)21-11(10(9)19)16-3-2-8(18)14-13(16)20/h2-3,7,9-12,17,19H,4-6H2,1H3,(H,14,18,20)/t7-,9-,10+,11-/m1/s1. The maximum atomic E-state index is 11.9. The van der Waals surface area contributed by atoms with E-state index in [2.05, 4.69) is 9.88 Å². The Balaban J connectivity index is 1.85. The zero-order valence-electron chi connectivity index (χ0n) is 12.5. The van der Waals surface area contributed by atoms with Crippen molar-refractivity contribution >= 4 is 23.5 Å². The molecule has 1 aromatic heterocycles. The van der Waals surface area contributed by atoms with E-state index >= 15 is 0 Å². The molecule has 2 aliphatic rings. The van der Waals surface area contributed by atoms with Gasteiger partial charge in [0.2, 0.25) is 0 Å². The lowest BCUT2D eigenvalue weighted by atomic mass is 10.0. The third-order valence-electron chi connectivity index (χ3n) is 3.97. The van der Waals surface area contributed by atoms with Crippen LogP contribution in [0.3, 0.4) is 0 Å². The van der Waals surface area contributed by atoms with Crippen LogP contribution in [0.2, 0.25) is 0 Å². The Labute approximate surface area is 140 Å². The minimum atomic E-state index is -0.941. The zero-order valence-corrected chi connectivity index (χ0v) is 14.1. The highest BCUT2D eigenvalue weighted by Gasteiger charge is 2.49. The van der Waals surface area contributed by atoms with Gasteiger partial charge in [0.1, 0.15) is 6.10 Å². The van der Waals surface area contributed by atoms with Crippen molar-refractivity contribution in [3.05, 3.63) is 33.1 Å². The van der Waals surface area contributed by atoms with Gasteiger partial charge in [-0.15, -0.1) is 23.5 Å². The molecule has 4 atom stereocenters. The molecular weight excluding hydrogens is 342 g/mol. The fraction of sp³-hybridized carbons (Fsp3) is 0.692. The number of nitrogens with zero attached hydrogens (tertiary/aromatic N) is 2. The molecule has 0 aromatic carbocycles. The van der Waals surface area contributed by atoms with Crippen molar-refractivity contribution < 1.29 is 14.9 Å². The van der Waals surface area contributed by atoms with E-state index in [9.17, 15) is 19.8 Å². The number of ether oxygens (including phenoxy) is 1. The lowest BCUT2D eigenvalue weighted by molar-refractivity contribution is -0.0534. The summed E-state index contributed by atoms with van der Waals surface area (Å²) >= 11 is 3.38. The molecule has 0 amide bonds. The van der Waals surface area contributed by atoms with Crippen LogP contribution < -0.4 is 11.2 Å². The molecule has 0 radical (unpaired) electrons. The summed E-state index contributed by atoms with van der Waals surface area (Å²) in [6.07, 6.45) is -1.10. The van der Waals surface area contributed by atoms with Crippen LogP contribution in [-0.4, -0.2) is 66.9 Å². The first-order valence-electron chi connectivity index (χ1n) is 7.19. The molecule has 0 aliphatic carbocycles. The maximum absolute atomic E-state index is 11.9. The second kappa shape index (κ2) is 6.99. The van der Waals surface area contributed by atoms with Gasteiger partial charge in [-0.05, 0) is 7.05 Å². The number of thioether (sulfide) groups is 2. The molecule has 2 saturated heterocycles. The van der Waals surface area contributed by atoms with Crippen LogP contribution in [0.5, 0.6) is 0 Å². The predicted molar refractivity (Wildman–Crippen MR) is 88.3 cm³/mol. The number of rotatable bonds is 3. The van der Waals surface area contributed by atoms with E-state index in [1.807, 2.05) is 7.05 Å². The number of aromatic nitrogens is 2. The van der Waals surface area contributed by atoms with Gasteiger partial charge >= 0.3 is 5.69 Å². The molecule has 0 spiro atoms. The third kappa shape index (κ3) is 3.37. The van der Waals surface area contributed by atoms with Crippen LogP contribution in [0.25, 0.3) is 0 Å². The maximum Gasteiger partial charge on any atom is 0.330 e. The van der Waals surface area contributed by atoms with Crippen LogP contribution >= 0.6 is 23.5 Å². The molecular formula is C13H19N3O5S2. The molecule has 1 aromatic rings. The second-order valence-corrected chi connectivity index (χ2v) is 8.15. The largest absolute Gasteiger partial charge is 0.394 e. The molecule has 0 saturated carbocycles. The molecule has 2 aliphatic heterocycles. The van der Waals surface area contributed by atoms with Gasteiger partial charge in [-0.1, -0.05) is 0 Å². The van der Waals surface area contributed by atoms with Crippen molar-refractivity contribution in [2.24, 2.45) is 5.92 Å². The minimum absolute atomic E-state index is 0.0711. The van der Waals surface area contributed by atoms with E-state index in [0.717, 1.165) is 11.8 Å². The Morgan fingerprint density at radius 1 is 1.39 bits per heavy atom. The highest BCUT2D eigenvalue weighted by atomic mass is 32.2. The van der Waals surface area contributed by atoms with E-state index in [1.165, 1.54) is 16.8 Å². The fourth-order valence-electron chi connectivity index (χ4n) is 2.83. The number of aliphatic hydroxyl groups excluding tert-OH is 2. The molecule has 0 bridgehead atoms. The quantitative estimate of drug-likeness (QED) is 0.633. The molecule has 3 heterocycles. The molecule has 0 unspecified atom stereocenters. The van der Waals surface area contributed by atoms with Gasteiger partial charge in [-0.3, -0.25) is 19.2 Å². The summed E-state index contributed by atoms with van der Waals surface area (Å²) in [5.41, 5.74) is -1.14. The predicted octanol–water partition coefficient (Wildman–Crippen LogP) is -0.944. The van der Waals surface area contributed by atoms with E-state index < -0.39 is 29.7 Å². The van der Waals surface area contributed by atoms with Crippen molar-refractivity contribution in [3.8, 4) is 0 Å². The molecule has 3 N–H and O–H groups in total. The van der Waals surface area contributed by atoms with E-state index in [1.54, 1.807) is 23.5 Å². The molecule has 128 valence electrons. The summed E-state index contributed by atoms with van der Waals surface area (Å²) in [7, 11) is 2.02. The zero-order chi connectivity index (χ0) is 16.6. The van der Waals surface area contributed by atoms with Gasteiger partial charge in [0.05, 0.1) is 17.3 Å². The lowest BCUT2D eigenvalue weighted by Gasteiger charge is -2.34. The van der Waals surface area contributed by atoms with Crippen molar-refractivity contribution in [1.82, 2.24) is 14.5 Å². The average Bonchev–Trinajstić information content (AvgIpc) is 2.85. The second-order valence-electron chi connectivity index (χ2n) is 5.65. The van der Waals surface area contributed by atoms with Crippen LogP contribution in [0.15, 0.2) is 21.9 Å². The Bertz CT molecular complexity index is 658. The number of aliphatic hydroxyl groups is 2. The lowest BCUT2D eigenvalue weighted by Crippen LogP contribution is -2.40. The highest BCUT2D eigenvalue weighted by Crippen LogP contribution is 2.45. The topological polar surface area (TPSA) is 108 Å². The summed E-state index contributed by atoms with van der Waals surface area (Å²) < 4.78 is 6.96. The smallest absolute Gasteiger partial charge is 0.330 e. The van der Waals surface area contributed by atoms with Crippen LogP contribution in [0, 0.1) is 5.92 Å². The fourth-order valence-corrected chi connectivity index (χ4v) is 5.80. The summed E-state index contributed by atoms with van der Waals surface area (Å²) in [5, 5.41) is 20.3. The SMILES string of the molecule is CN1CSC([C@H]2[C@H](O)[C@H](n3ccc(=O)[nH]c3=O)O[C@@H]2CO)SC1. The molecule has 10 heteroatoms. The van der Waals surface area contributed by atoms with E-state index in [-0.39, 0.29) is 17.1 Å². The van der Waals surface area contributed by atoms with E-state index in [4.69, 9.17) is 4.74 Å². The number of aromatic amines is 1. The van der Waals surface area contributed by atoms with Gasteiger partial charge in [-0.25, -0.2) is 4.79 Å². The number of hydrogen-bond acceptors (Lipinski definition) is 8. The van der Waals surface area contributed by atoms with Crippen molar-refractivity contribution in [3.63, 3.8) is 0 Å². The molecule has 8 nitrogen and oxygen atoms in total. The van der Waals surface area contributed by atoms with Crippen molar-refractivity contribution in [2.45, 2.75) is 23.0 Å². The molecule has 3 rings (SSSR count). The summed E-state index contributed by atoms with van der Waals surface area (Å²) in [6.45, 7) is -0.232. The first-order valence-corrected chi connectivity index (χ1v) is 9.28. The summed E-state index contributed by atoms with van der Waals surface area (Å²) in [4.78, 5) is 27.4. The normalized spacial score (nSPS) is 33.2. The third-order valence-corrected chi connectivity index (χ3v) is 7.25. The minimum Gasteiger partial charge on any atom is -0.394 e. The Kier molecular flexibility index (Phi) is 5.19. The van der Waals surface area contributed by atoms with E-state index in [0.29, 0.717) is 0 Å². The molecule has 2 fully saturated rings. The van der Waals surface area contributed by atoms with Crippen LogP contribution in [-0.2, 0) is 4.74 Å². The Hall–Kier alpha value is -0.780. The van der Waals surface area contributed by atoms with Crippen molar-refractivity contribution in [1.29, 1.82) is 0 Å². The summed E-state index contributed by atoms with van der Waals surface area (Å²) in [6, 6.07) is 1.21. The van der Waals surface area contributed by atoms with Crippen molar-refractivity contribution in [2.75, 3.05) is 25.4 Å². The number of nitrogens with one attached hydrogen (secondary N) is 1. The van der Waals surface area contributed by atoms with Gasteiger partial charge in [-0.2, -0.15) is 0 Å². The number of hydrogen-bond donors (Lipinski definition) is 3. The molecule has 23 heavy (non-hydrogen) atoms. The highest BCUT2D eigenvalue weighted by molar-refractivity contribution is 8.17. The van der Waals surface area contributed by atoms with Crippen LogP contribution in [0.4, 0.5) is 0 Å². The monoisotopic (exact) mass is 361 g/mol. The number of H-pyrrole nitrogens is 1. The Morgan fingerprint density at radius 2 is 2.09 bits per heavy atom. The van der Waals surface area contributed by atoms with Gasteiger partial charge < -0.3 is 14.9 Å². The first kappa shape index (κ1) is 17.1. The Morgan fingerprint density at radius 3 is 2.70 bits per heavy atom. The average molecular weight is 361 g/mol. The van der Waals surface area contributed by atoms with Gasteiger partial charge in [0, 0.05) is 29.9 Å².